The number of aryl methyl sites for hydroxylation is 1. The van der Waals surface area contributed by atoms with Crippen LogP contribution in [-0.4, -0.2) is 32.1 Å². The molecular formula is C14H17BrN4O2. The summed E-state index contributed by atoms with van der Waals surface area (Å²) in [4.78, 5) is 11.8. The van der Waals surface area contributed by atoms with Crippen LogP contribution >= 0.6 is 15.9 Å². The Bertz CT molecular complexity index is 687. The van der Waals surface area contributed by atoms with E-state index in [0.717, 1.165) is 16.8 Å². The van der Waals surface area contributed by atoms with Crippen molar-refractivity contribution in [2.75, 3.05) is 6.61 Å². The highest BCUT2D eigenvalue weighted by molar-refractivity contribution is 9.10. The van der Waals surface area contributed by atoms with E-state index >= 15 is 0 Å². The fourth-order valence-corrected chi connectivity index (χ4v) is 2.33. The van der Waals surface area contributed by atoms with Crippen LogP contribution in [-0.2, 0) is 18.3 Å². The number of aromatic nitrogens is 4. The van der Waals surface area contributed by atoms with Crippen molar-refractivity contribution >= 4 is 27.5 Å². The SMILES string of the molecule is C=C(Cn1nc(C(=O)OCC)c(Br)c1C)c1cnn(C)c1. The van der Waals surface area contributed by atoms with E-state index in [1.165, 1.54) is 0 Å². The second kappa shape index (κ2) is 6.26. The Morgan fingerprint density at radius 1 is 1.52 bits per heavy atom. The number of hydrogen-bond donors (Lipinski definition) is 0. The summed E-state index contributed by atoms with van der Waals surface area (Å²) in [6.45, 7) is 8.50. The molecule has 0 saturated carbocycles. The summed E-state index contributed by atoms with van der Waals surface area (Å²) in [5.74, 6) is -0.432. The van der Waals surface area contributed by atoms with E-state index in [1.54, 1.807) is 22.5 Å². The molecule has 2 aromatic rings. The maximum Gasteiger partial charge on any atom is 0.360 e. The molecule has 0 bridgehead atoms. The number of allylic oxidation sites excluding steroid dienone is 1. The normalized spacial score (nSPS) is 10.7. The van der Waals surface area contributed by atoms with Gasteiger partial charge in [0.2, 0.25) is 0 Å². The molecule has 0 radical (unpaired) electrons. The van der Waals surface area contributed by atoms with Gasteiger partial charge < -0.3 is 4.74 Å². The number of carbonyl (C=O) groups is 1. The summed E-state index contributed by atoms with van der Waals surface area (Å²) in [5, 5.41) is 8.43. The lowest BCUT2D eigenvalue weighted by molar-refractivity contribution is 0.0517. The van der Waals surface area contributed by atoms with Gasteiger partial charge in [-0.25, -0.2) is 4.79 Å². The van der Waals surface area contributed by atoms with Gasteiger partial charge >= 0.3 is 5.97 Å². The van der Waals surface area contributed by atoms with Crippen LogP contribution in [0.15, 0.2) is 23.4 Å². The van der Waals surface area contributed by atoms with E-state index in [9.17, 15) is 4.79 Å². The van der Waals surface area contributed by atoms with Gasteiger partial charge in [0.1, 0.15) is 0 Å². The Balaban J connectivity index is 2.23. The predicted octanol–water partition coefficient (Wildman–Crippen LogP) is 2.58. The quantitative estimate of drug-likeness (QED) is 0.776. The summed E-state index contributed by atoms with van der Waals surface area (Å²) in [6, 6.07) is 0. The number of carbonyl (C=O) groups excluding carboxylic acids is 1. The number of hydrogen-bond acceptors (Lipinski definition) is 4. The molecule has 2 rings (SSSR count). The molecule has 0 aliphatic carbocycles. The zero-order chi connectivity index (χ0) is 15.6. The van der Waals surface area contributed by atoms with Crippen LogP contribution in [0.1, 0.15) is 28.7 Å². The number of nitrogens with zero attached hydrogens (tertiary/aromatic N) is 4. The smallest absolute Gasteiger partial charge is 0.360 e. The average Bonchev–Trinajstić information content (AvgIpc) is 2.98. The van der Waals surface area contributed by atoms with Crippen molar-refractivity contribution in [3.8, 4) is 0 Å². The maximum absolute atomic E-state index is 11.8. The van der Waals surface area contributed by atoms with Gasteiger partial charge in [-0.3, -0.25) is 9.36 Å². The van der Waals surface area contributed by atoms with Crippen LogP contribution in [0.2, 0.25) is 0 Å². The molecule has 0 aliphatic rings. The number of halogens is 1. The highest BCUT2D eigenvalue weighted by atomic mass is 79.9. The van der Waals surface area contributed by atoms with Gasteiger partial charge in [0.05, 0.1) is 29.5 Å². The Labute approximate surface area is 131 Å². The number of rotatable bonds is 5. The third-order valence-electron chi connectivity index (χ3n) is 3.06. The molecule has 7 heteroatoms. The van der Waals surface area contributed by atoms with E-state index in [1.807, 2.05) is 20.2 Å². The molecule has 0 spiro atoms. The van der Waals surface area contributed by atoms with Crippen LogP contribution in [0.4, 0.5) is 0 Å². The topological polar surface area (TPSA) is 61.9 Å². The molecule has 0 aliphatic heterocycles. The van der Waals surface area contributed by atoms with E-state index in [0.29, 0.717) is 17.6 Å². The molecule has 2 aromatic heterocycles. The van der Waals surface area contributed by atoms with Crippen LogP contribution in [0.25, 0.3) is 5.57 Å². The Kier molecular flexibility index (Phi) is 4.62. The minimum atomic E-state index is -0.432. The minimum Gasteiger partial charge on any atom is -0.461 e. The van der Waals surface area contributed by atoms with E-state index < -0.39 is 5.97 Å². The minimum absolute atomic E-state index is 0.285. The lowest BCUT2D eigenvalue weighted by Gasteiger charge is -2.05. The van der Waals surface area contributed by atoms with Crippen LogP contribution in [0.5, 0.6) is 0 Å². The first-order valence-electron chi connectivity index (χ1n) is 6.50. The first-order valence-corrected chi connectivity index (χ1v) is 7.30. The fourth-order valence-electron chi connectivity index (χ4n) is 1.88. The maximum atomic E-state index is 11.8. The molecule has 112 valence electrons. The lowest BCUT2D eigenvalue weighted by Crippen LogP contribution is -2.08. The van der Waals surface area contributed by atoms with Crippen molar-refractivity contribution < 1.29 is 9.53 Å². The molecule has 0 fully saturated rings. The molecule has 0 saturated heterocycles. The number of ether oxygens (including phenoxy) is 1. The van der Waals surface area contributed by atoms with Gasteiger partial charge in [0, 0.05) is 18.8 Å². The predicted molar refractivity (Wildman–Crippen MR) is 82.9 cm³/mol. The summed E-state index contributed by atoms with van der Waals surface area (Å²) >= 11 is 3.39. The second-order valence-electron chi connectivity index (χ2n) is 4.63. The highest BCUT2D eigenvalue weighted by Crippen LogP contribution is 2.23. The van der Waals surface area contributed by atoms with Gasteiger partial charge in [0.15, 0.2) is 5.69 Å². The first-order chi connectivity index (χ1) is 9.93. The zero-order valence-corrected chi connectivity index (χ0v) is 13.8. The summed E-state index contributed by atoms with van der Waals surface area (Å²) in [5.41, 5.74) is 2.95. The van der Waals surface area contributed by atoms with Gasteiger partial charge in [0.25, 0.3) is 0 Å². The van der Waals surface area contributed by atoms with E-state index in [-0.39, 0.29) is 5.69 Å². The van der Waals surface area contributed by atoms with Crippen molar-refractivity contribution in [2.24, 2.45) is 7.05 Å². The van der Waals surface area contributed by atoms with Crippen molar-refractivity contribution in [1.82, 2.24) is 19.6 Å². The van der Waals surface area contributed by atoms with Crippen molar-refractivity contribution in [2.45, 2.75) is 20.4 Å². The molecule has 0 aromatic carbocycles. The second-order valence-corrected chi connectivity index (χ2v) is 5.43. The Morgan fingerprint density at radius 2 is 2.24 bits per heavy atom. The Morgan fingerprint density at radius 3 is 2.81 bits per heavy atom. The molecular weight excluding hydrogens is 336 g/mol. The van der Waals surface area contributed by atoms with Crippen molar-refractivity contribution in [1.29, 1.82) is 0 Å². The molecule has 21 heavy (non-hydrogen) atoms. The van der Waals surface area contributed by atoms with Crippen molar-refractivity contribution in [3.05, 3.63) is 40.4 Å². The van der Waals surface area contributed by atoms with Crippen molar-refractivity contribution in [3.63, 3.8) is 0 Å². The van der Waals surface area contributed by atoms with Crippen LogP contribution in [0.3, 0.4) is 0 Å². The molecule has 2 heterocycles. The number of esters is 1. The van der Waals surface area contributed by atoms with Gasteiger partial charge in [-0.1, -0.05) is 6.58 Å². The first kappa shape index (κ1) is 15.5. The van der Waals surface area contributed by atoms with Crippen LogP contribution < -0.4 is 0 Å². The molecule has 6 nitrogen and oxygen atoms in total. The summed E-state index contributed by atoms with van der Waals surface area (Å²) < 4.78 is 9.09. The summed E-state index contributed by atoms with van der Waals surface area (Å²) in [7, 11) is 1.85. The van der Waals surface area contributed by atoms with Gasteiger partial charge in [-0.05, 0) is 35.4 Å². The monoisotopic (exact) mass is 352 g/mol. The van der Waals surface area contributed by atoms with Gasteiger partial charge in [-0.15, -0.1) is 0 Å². The van der Waals surface area contributed by atoms with Crippen LogP contribution in [0, 0.1) is 6.92 Å². The molecule has 0 unspecified atom stereocenters. The summed E-state index contributed by atoms with van der Waals surface area (Å²) in [6.07, 6.45) is 3.64. The van der Waals surface area contributed by atoms with E-state index in [4.69, 9.17) is 4.74 Å². The molecule has 0 N–H and O–H groups in total. The zero-order valence-electron chi connectivity index (χ0n) is 12.3. The molecule has 0 atom stereocenters. The third kappa shape index (κ3) is 3.24. The largest absolute Gasteiger partial charge is 0.461 e. The van der Waals surface area contributed by atoms with E-state index in [2.05, 4.69) is 32.7 Å². The average molecular weight is 353 g/mol. The third-order valence-corrected chi connectivity index (χ3v) is 4.01. The molecule has 0 amide bonds. The fraction of sp³-hybridized carbons (Fsp3) is 0.357. The lowest BCUT2D eigenvalue weighted by atomic mass is 10.2. The highest BCUT2D eigenvalue weighted by Gasteiger charge is 2.20. The standard InChI is InChI=1S/C14H17BrN4O2/c1-5-21-14(20)13-12(15)10(3)19(17-13)7-9(2)11-6-16-18(4)8-11/h6,8H,2,5,7H2,1,3-4H3. The Hall–Kier alpha value is -1.89. The van der Waals surface area contributed by atoms with Gasteiger partial charge in [-0.2, -0.15) is 10.2 Å².